The normalized spacial score (nSPS) is 21.0. The highest BCUT2D eigenvalue weighted by Crippen LogP contribution is 2.32. The topological polar surface area (TPSA) is 94.6 Å². The number of morpholine rings is 1. The van der Waals surface area contributed by atoms with Gasteiger partial charge >= 0.3 is 0 Å². The SMILES string of the molecule is CC1(C)CN(CCC2=NCCN2)[C@H](C(=O)Nc2cc(I)cc3c2[nH]c2cnccc23)CO1. The first kappa shape index (κ1) is 21.6. The summed E-state index contributed by atoms with van der Waals surface area (Å²) in [6.45, 7) is 7.69. The molecule has 168 valence electrons. The van der Waals surface area contributed by atoms with E-state index < -0.39 is 0 Å². The summed E-state index contributed by atoms with van der Waals surface area (Å²) < 4.78 is 7.09. The molecule has 1 fully saturated rings. The molecule has 0 radical (unpaired) electrons. The van der Waals surface area contributed by atoms with Gasteiger partial charge in [-0.3, -0.25) is 19.7 Å². The molecule has 32 heavy (non-hydrogen) atoms. The van der Waals surface area contributed by atoms with E-state index >= 15 is 0 Å². The minimum Gasteiger partial charge on any atom is -0.372 e. The van der Waals surface area contributed by atoms with Crippen LogP contribution in [0.4, 0.5) is 5.69 Å². The fourth-order valence-corrected chi connectivity index (χ4v) is 5.15. The zero-order chi connectivity index (χ0) is 22.3. The first-order valence-corrected chi connectivity index (χ1v) is 12.0. The van der Waals surface area contributed by atoms with Crippen LogP contribution in [0.25, 0.3) is 21.8 Å². The summed E-state index contributed by atoms with van der Waals surface area (Å²) >= 11 is 2.29. The summed E-state index contributed by atoms with van der Waals surface area (Å²) in [6.07, 6.45) is 4.41. The molecule has 0 spiro atoms. The highest BCUT2D eigenvalue weighted by Gasteiger charge is 2.37. The number of carbonyl (C=O) groups is 1. The maximum absolute atomic E-state index is 13.4. The zero-order valence-corrected chi connectivity index (χ0v) is 20.4. The van der Waals surface area contributed by atoms with Crippen LogP contribution in [0, 0.1) is 3.57 Å². The third-order valence-electron chi connectivity index (χ3n) is 6.07. The van der Waals surface area contributed by atoms with Crippen LogP contribution in [-0.4, -0.2) is 71.0 Å². The molecule has 3 N–H and O–H groups in total. The van der Waals surface area contributed by atoms with Crippen LogP contribution in [0.3, 0.4) is 0 Å². The van der Waals surface area contributed by atoms with Gasteiger partial charge in [0.2, 0.25) is 5.91 Å². The van der Waals surface area contributed by atoms with Gasteiger partial charge in [0.25, 0.3) is 0 Å². The minimum atomic E-state index is -0.357. The first-order valence-electron chi connectivity index (χ1n) is 10.9. The molecule has 0 saturated carbocycles. The Bertz CT molecular complexity index is 1200. The lowest BCUT2D eigenvalue weighted by Crippen LogP contribution is -2.58. The maximum Gasteiger partial charge on any atom is 0.244 e. The molecule has 2 aromatic heterocycles. The lowest BCUT2D eigenvalue weighted by molar-refractivity contribution is -0.142. The van der Waals surface area contributed by atoms with Gasteiger partial charge in [-0.1, -0.05) is 0 Å². The molecular formula is C23H27IN6O2. The number of pyridine rings is 1. The van der Waals surface area contributed by atoms with Crippen LogP contribution in [0.1, 0.15) is 20.3 Å². The molecule has 0 bridgehead atoms. The average molecular weight is 546 g/mol. The summed E-state index contributed by atoms with van der Waals surface area (Å²) in [6, 6.07) is 5.76. The predicted octanol–water partition coefficient (Wildman–Crippen LogP) is 3.13. The number of aliphatic imine (C=N–C) groups is 1. The quantitative estimate of drug-likeness (QED) is 0.428. The van der Waals surface area contributed by atoms with E-state index in [4.69, 9.17) is 4.74 Å². The predicted molar refractivity (Wildman–Crippen MR) is 135 cm³/mol. The van der Waals surface area contributed by atoms with Gasteiger partial charge in [0.1, 0.15) is 6.04 Å². The van der Waals surface area contributed by atoms with Crippen molar-refractivity contribution in [2.45, 2.75) is 31.9 Å². The Balaban J connectivity index is 1.40. The zero-order valence-electron chi connectivity index (χ0n) is 18.2. The molecule has 0 unspecified atom stereocenters. The van der Waals surface area contributed by atoms with E-state index in [1.807, 2.05) is 18.3 Å². The van der Waals surface area contributed by atoms with Gasteiger partial charge in [-0.25, -0.2) is 0 Å². The number of carbonyl (C=O) groups excluding carboxylic acids is 1. The van der Waals surface area contributed by atoms with Crippen molar-refractivity contribution in [2.75, 3.05) is 38.1 Å². The number of hydrogen-bond donors (Lipinski definition) is 3. The van der Waals surface area contributed by atoms with E-state index in [2.05, 4.69) is 73.0 Å². The van der Waals surface area contributed by atoms with Gasteiger partial charge < -0.3 is 20.4 Å². The Morgan fingerprint density at radius 1 is 1.38 bits per heavy atom. The highest BCUT2D eigenvalue weighted by molar-refractivity contribution is 14.1. The van der Waals surface area contributed by atoms with E-state index in [9.17, 15) is 4.79 Å². The summed E-state index contributed by atoms with van der Waals surface area (Å²) in [7, 11) is 0. The lowest BCUT2D eigenvalue weighted by Gasteiger charge is -2.43. The molecule has 2 aliphatic heterocycles. The highest BCUT2D eigenvalue weighted by atomic mass is 127. The molecule has 1 aromatic carbocycles. The van der Waals surface area contributed by atoms with Gasteiger partial charge in [-0.2, -0.15) is 0 Å². The van der Waals surface area contributed by atoms with Crippen molar-refractivity contribution in [3.8, 4) is 0 Å². The smallest absolute Gasteiger partial charge is 0.244 e. The Kier molecular flexibility index (Phi) is 5.81. The van der Waals surface area contributed by atoms with Crippen molar-refractivity contribution >= 4 is 61.8 Å². The molecule has 3 aromatic rings. The second-order valence-corrected chi connectivity index (χ2v) is 10.2. The van der Waals surface area contributed by atoms with Gasteiger partial charge in [-0.05, 0) is 54.6 Å². The number of amidine groups is 1. The fraction of sp³-hybridized carbons (Fsp3) is 0.435. The number of nitrogens with zero attached hydrogens (tertiary/aromatic N) is 3. The Labute approximate surface area is 200 Å². The summed E-state index contributed by atoms with van der Waals surface area (Å²) in [5, 5.41) is 8.67. The number of aromatic nitrogens is 2. The monoisotopic (exact) mass is 546 g/mol. The second-order valence-electron chi connectivity index (χ2n) is 8.97. The van der Waals surface area contributed by atoms with Crippen LogP contribution in [0.15, 0.2) is 35.6 Å². The first-order chi connectivity index (χ1) is 15.4. The van der Waals surface area contributed by atoms with Crippen LogP contribution in [0.2, 0.25) is 0 Å². The second kappa shape index (κ2) is 8.60. The Morgan fingerprint density at radius 2 is 2.25 bits per heavy atom. The van der Waals surface area contributed by atoms with Gasteiger partial charge in [0, 0.05) is 46.6 Å². The number of halogens is 1. The summed E-state index contributed by atoms with van der Waals surface area (Å²) in [4.78, 5) is 27.8. The molecule has 8 nitrogen and oxygen atoms in total. The van der Waals surface area contributed by atoms with Gasteiger partial charge in [0.05, 0.1) is 47.5 Å². The maximum atomic E-state index is 13.4. The van der Waals surface area contributed by atoms with E-state index in [0.717, 1.165) is 63.0 Å². The van der Waals surface area contributed by atoms with E-state index in [1.165, 1.54) is 0 Å². The Morgan fingerprint density at radius 3 is 3.06 bits per heavy atom. The molecule has 1 atom stereocenters. The van der Waals surface area contributed by atoms with Crippen LogP contribution in [0.5, 0.6) is 0 Å². The van der Waals surface area contributed by atoms with E-state index in [0.29, 0.717) is 13.2 Å². The number of hydrogen-bond acceptors (Lipinski definition) is 6. The van der Waals surface area contributed by atoms with Crippen molar-refractivity contribution in [1.82, 2.24) is 20.2 Å². The largest absolute Gasteiger partial charge is 0.372 e. The van der Waals surface area contributed by atoms with Crippen LogP contribution < -0.4 is 10.6 Å². The number of benzene rings is 1. The molecule has 1 amide bonds. The number of amides is 1. The molecule has 4 heterocycles. The number of rotatable bonds is 5. The number of aromatic amines is 1. The van der Waals surface area contributed by atoms with Crippen molar-refractivity contribution in [1.29, 1.82) is 0 Å². The van der Waals surface area contributed by atoms with E-state index in [1.54, 1.807) is 6.20 Å². The number of fused-ring (bicyclic) bond motifs is 3. The fourth-order valence-electron chi connectivity index (χ4n) is 4.53. The summed E-state index contributed by atoms with van der Waals surface area (Å²) in [5.41, 5.74) is 2.35. The van der Waals surface area contributed by atoms with E-state index in [-0.39, 0.29) is 17.6 Å². The van der Waals surface area contributed by atoms with Crippen molar-refractivity contribution in [3.63, 3.8) is 0 Å². The van der Waals surface area contributed by atoms with Gasteiger partial charge in [-0.15, -0.1) is 0 Å². The molecule has 1 saturated heterocycles. The average Bonchev–Trinajstić information content (AvgIpc) is 3.39. The van der Waals surface area contributed by atoms with Crippen LogP contribution >= 0.6 is 22.6 Å². The number of H-pyrrole nitrogens is 1. The molecule has 0 aliphatic carbocycles. The minimum absolute atomic E-state index is 0.0538. The Hall–Kier alpha value is -2.24. The number of anilines is 1. The molecule has 2 aliphatic rings. The van der Waals surface area contributed by atoms with Crippen molar-refractivity contribution < 1.29 is 9.53 Å². The molecular weight excluding hydrogens is 519 g/mol. The van der Waals surface area contributed by atoms with Crippen molar-refractivity contribution in [2.24, 2.45) is 4.99 Å². The third kappa shape index (κ3) is 4.33. The van der Waals surface area contributed by atoms with Crippen molar-refractivity contribution in [3.05, 3.63) is 34.2 Å². The lowest BCUT2D eigenvalue weighted by atomic mass is 10.0. The third-order valence-corrected chi connectivity index (χ3v) is 6.69. The number of nitrogens with one attached hydrogen (secondary N) is 3. The molecule has 5 rings (SSSR count). The van der Waals surface area contributed by atoms with Gasteiger partial charge in [0.15, 0.2) is 0 Å². The number of ether oxygens (including phenoxy) is 1. The molecule has 9 heteroatoms. The van der Waals surface area contributed by atoms with Crippen LogP contribution in [-0.2, 0) is 9.53 Å². The standard InChI is InChI=1S/C23H27IN6O2/c1-23(2)13-30(8-4-20-26-6-7-27-20)19(12-32-23)22(31)29-17-10-14(24)9-16-15-3-5-25-11-18(15)28-21(16)17/h3,5,9-11,19,28H,4,6-8,12-13H2,1-2H3,(H,26,27)(H,29,31)/t19-/m0/s1. The summed E-state index contributed by atoms with van der Waals surface area (Å²) in [5.74, 6) is 0.973.